The van der Waals surface area contributed by atoms with Gasteiger partial charge >= 0.3 is 166 Å². The molecular weight excluding hydrogens is 418 g/mol. The maximum atomic E-state index is 3.60. The second kappa shape index (κ2) is 9.40. The van der Waals surface area contributed by atoms with Gasteiger partial charge in [0.15, 0.2) is 0 Å². The molecule has 1 atom stereocenters. The zero-order valence-corrected chi connectivity index (χ0v) is 19.2. The predicted molar refractivity (Wildman–Crippen MR) is 113 cm³/mol. The third-order valence-corrected chi connectivity index (χ3v) is 9.78. The van der Waals surface area contributed by atoms with Crippen molar-refractivity contribution in [3.8, 4) is 0 Å². The molecule has 25 heavy (non-hydrogen) atoms. The van der Waals surface area contributed by atoms with Crippen molar-refractivity contribution in [3.05, 3.63) is 50.2 Å². The van der Waals surface area contributed by atoms with Crippen LogP contribution in [0, 0.1) is 5.41 Å². The Morgan fingerprint density at radius 2 is 1.84 bits per heavy atom. The molecule has 1 aliphatic heterocycles. The molecule has 2 rings (SSSR count). The van der Waals surface area contributed by atoms with Crippen LogP contribution in [-0.4, -0.2) is 34.0 Å². The molecule has 1 nitrogen and oxygen atoms in total. The molecule has 138 valence electrons. The second-order valence-corrected chi connectivity index (χ2v) is 11.8. The zero-order valence-electron chi connectivity index (χ0n) is 16.9. The zero-order chi connectivity index (χ0) is 18.4. The standard InChI is InChI=1S/C23H35NTe/c1-7-8-13-24-16-18(3)17(2)14-21-20-12-10-9-11-19(20)15-22(25-21)23(4,5)6/h9-12,15,21,24H,7-8,13-14,16H2,1-6H3/b18-17+. The van der Waals surface area contributed by atoms with Crippen molar-refractivity contribution in [3.63, 3.8) is 0 Å². The van der Waals surface area contributed by atoms with Gasteiger partial charge in [0.05, 0.1) is 0 Å². The average Bonchev–Trinajstić information content (AvgIpc) is 2.57. The van der Waals surface area contributed by atoms with E-state index in [1.54, 1.807) is 14.8 Å². The fraction of sp³-hybridized carbons (Fsp3) is 0.565. The molecule has 0 spiro atoms. The Morgan fingerprint density at radius 1 is 1.12 bits per heavy atom. The summed E-state index contributed by atoms with van der Waals surface area (Å²) in [6.45, 7) is 16.2. The van der Waals surface area contributed by atoms with Crippen molar-refractivity contribution in [1.82, 2.24) is 5.32 Å². The fourth-order valence-corrected chi connectivity index (χ4v) is 7.42. The van der Waals surface area contributed by atoms with Gasteiger partial charge in [-0.3, -0.25) is 0 Å². The number of allylic oxidation sites excluding steroid dienone is 2. The molecule has 1 aromatic rings. The average molecular weight is 453 g/mol. The molecule has 0 saturated carbocycles. The van der Waals surface area contributed by atoms with Gasteiger partial charge in [-0.25, -0.2) is 0 Å². The van der Waals surface area contributed by atoms with Gasteiger partial charge in [0.1, 0.15) is 0 Å². The number of hydrogen-bond acceptors (Lipinski definition) is 1. The van der Waals surface area contributed by atoms with Crippen LogP contribution in [0.15, 0.2) is 39.0 Å². The first-order valence-electron chi connectivity index (χ1n) is 9.66. The summed E-state index contributed by atoms with van der Waals surface area (Å²) in [5, 5.41) is 3.60. The Balaban J connectivity index is 2.14. The summed E-state index contributed by atoms with van der Waals surface area (Å²) in [5.74, 6) is 0. The molecule has 1 heterocycles. The number of rotatable bonds is 7. The molecule has 2 heteroatoms. The Bertz CT molecular complexity index is 634. The van der Waals surface area contributed by atoms with E-state index in [1.165, 1.54) is 30.4 Å². The molecule has 0 aromatic heterocycles. The van der Waals surface area contributed by atoms with Crippen LogP contribution in [0.5, 0.6) is 0 Å². The van der Waals surface area contributed by atoms with E-state index >= 15 is 0 Å². The van der Waals surface area contributed by atoms with E-state index in [4.69, 9.17) is 0 Å². The second-order valence-electron chi connectivity index (χ2n) is 8.29. The van der Waals surface area contributed by atoms with E-state index in [0.29, 0.717) is 5.41 Å². The van der Waals surface area contributed by atoms with Crippen LogP contribution in [0.3, 0.4) is 0 Å². The van der Waals surface area contributed by atoms with Crippen molar-refractivity contribution in [1.29, 1.82) is 0 Å². The van der Waals surface area contributed by atoms with Crippen molar-refractivity contribution in [2.75, 3.05) is 13.1 Å². The van der Waals surface area contributed by atoms with Crippen LogP contribution in [0.1, 0.15) is 75.9 Å². The van der Waals surface area contributed by atoms with Crippen molar-refractivity contribution in [2.45, 2.75) is 64.8 Å². The summed E-state index contributed by atoms with van der Waals surface area (Å²) >= 11 is -0.178. The van der Waals surface area contributed by atoms with Gasteiger partial charge in [-0.2, -0.15) is 0 Å². The van der Waals surface area contributed by atoms with Gasteiger partial charge in [-0.1, -0.05) is 0 Å². The molecule has 1 unspecified atom stereocenters. The van der Waals surface area contributed by atoms with E-state index < -0.39 is 0 Å². The molecule has 0 saturated heterocycles. The predicted octanol–water partition coefficient (Wildman–Crippen LogP) is 5.95. The first kappa shape index (κ1) is 20.8. The molecular formula is C23H35NTe. The number of unbranched alkanes of at least 4 members (excludes halogenated alkanes) is 1. The fourth-order valence-electron chi connectivity index (χ4n) is 3.05. The van der Waals surface area contributed by atoms with Crippen LogP contribution >= 0.6 is 0 Å². The summed E-state index contributed by atoms with van der Waals surface area (Å²) in [6, 6.07) is 9.07. The Morgan fingerprint density at radius 3 is 2.52 bits per heavy atom. The van der Waals surface area contributed by atoms with Crippen molar-refractivity contribution in [2.24, 2.45) is 5.41 Å². The summed E-state index contributed by atoms with van der Waals surface area (Å²) in [5.41, 5.74) is 6.48. The van der Waals surface area contributed by atoms with E-state index in [9.17, 15) is 0 Å². The molecule has 0 radical (unpaired) electrons. The van der Waals surface area contributed by atoms with Gasteiger partial charge in [0.2, 0.25) is 0 Å². The third kappa shape index (κ3) is 5.99. The van der Waals surface area contributed by atoms with Crippen LogP contribution in [0.2, 0.25) is 0 Å². The molecule has 0 fully saturated rings. The summed E-state index contributed by atoms with van der Waals surface area (Å²) < 4.78 is 2.46. The minimum absolute atomic E-state index is 0.178. The molecule has 1 N–H and O–H groups in total. The summed E-state index contributed by atoms with van der Waals surface area (Å²) in [4.78, 5) is 0. The van der Waals surface area contributed by atoms with Crippen molar-refractivity contribution < 1.29 is 0 Å². The molecule has 0 aliphatic carbocycles. The Kier molecular flexibility index (Phi) is 7.81. The third-order valence-electron chi connectivity index (χ3n) is 4.96. The summed E-state index contributed by atoms with van der Waals surface area (Å²) in [7, 11) is 0. The van der Waals surface area contributed by atoms with Gasteiger partial charge < -0.3 is 0 Å². The van der Waals surface area contributed by atoms with Gasteiger partial charge in [0.25, 0.3) is 0 Å². The Hall–Kier alpha value is -0.550. The number of fused-ring (bicyclic) bond motifs is 1. The topological polar surface area (TPSA) is 12.0 Å². The number of benzene rings is 1. The summed E-state index contributed by atoms with van der Waals surface area (Å²) in [6.07, 6.45) is 6.26. The monoisotopic (exact) mass is 455 g/mol. The normalized spacial score (nSPS) is 18.5. The van der Waals surface area contributed by atoms with Gasteiger partial charge in [-0.05, 0) is 0 Å². The van der Waals surface area contributed by atoms with Crippen LogP contribution < -0.4 is 5.32 Å². The van der Waals surface area contributed by atoms with Gasteiger partial charge in [-0.15, -0.1) is 0 Å². The minimum atomic E-state index is -0.178. The van der Waals surface area contributed by atoms with Gasteiger partial charge in [0, 0.05) is 0 Å². The SMILES string of the molecule is CCCCNC/C(C)=C(\C)CC1[Te]C(C(C)(C)C)=Cc2ccccc21. The molecule has 0 bridgehead atoms. The van der Waals surface area contributed by atoms with E-state index in [2.05, 4.69) is 77.2 Å². The molecule has 1 aromatic carbocycles. The van der Waals surface area contributed by atoms with Crippen LogP contribution in [-0.2, 0) is 0 Å². The van der Waals surface area contributed by atoms with Crippen LogP contribution in [0.25, 0.3) is 6.08 Å². The maximum absolute atomic E-state index is 3.60. The van der Waals surface area contributed by atoms with Crippen molar-refractivity contribution >= 4 is 27.0 Å². The number of hydrogen-bond donors (Lipinski definition) is 1. The molecule has 0 amide bonds. The quantitative estimate of drug-likeness (QED) is 0.306. The Labute approximate surface area is 165 Å². The molecule has 1 aliphatic rings. The van der Waals surface area contributed by atoms with E-state index in [0.717, 1.165) is 17.1 Å². The first-order chi connectivity index (χ1) is 11.8. The van der Waals surface area contributed by atoms with Crippen LogP contribution in [0.4, 0.5) is 0 Å². The first-order valence-corrected chi connectivity index (χ1v) is 12.2. The number of nitrogens with one attached hydrogen (secondary N) is 1. The van der Waals surface area contributed by atoms with E-state index in [1.807, 2.05) is 0 Å². The van der Waals surface area contributed by atoms with E-state index in [-0.39, 0.29) is 20.9 Å².